The average molecular weight is 112 g/mol. The Bertz CT molecular complexity index is 74.1. The van der Waals surface area contributed by atoms with E-state index in [-0.39, 0.29) is 0 Å². The van der Waals surface area contributed by atoms with Crippen molar-refractivity contribution in [2.75, 3.05) is 0 Å². The summed E-state index contributed by atoms with van der Waals surface area (Å²) in [6.45, 7) is 0. The van der Waals surface area contributed by atoms with E-state index in [1.807, 2.05) is 0 Å². The van der Waals surface area contributed by atoms with Crippen molar-refractivity contribution < 1.29 is 18.9 Å². The van der Waals surface area contributed by atoms with Crippen molar-refractivity contribution in [3.63, 3.8) is 0 Å². The number of rotatable bonds is 1. The van der Waals surface area contributed by atoms with Crippen LogP contribution in [0.3, 0.4) is 0 Å². The Hall–Kier alpha value is -0.910. The molecule has 0 aliphatic heterocycles. The quantitative estimate of drug-likeness (QED) is 0.377. The van der Waals surface area contributed by atoms with Gasteiger partial charge in [0.15, 0.2) is 0 Å². The molecule has 42 valence electrons. The highest BCUT2D eigenvalue weighted by molar-refractivity contribution is 5.63. The molecule has 0 atom stereocenters. The molecule has 0 rings (SSSR count). The molecule has 0 bridgehead atoms. The summed E-state index contributed by atoms with van der Waals surface area (Å²) < 4.78 is 21.3. The van der Waals surface area contributed by atoms with Gasteiger partial charge < -0.3 is 5.11 Å². The van der Waals surface area contributed by atoms with Gasteiger partial charge in [-0.2, -0.15) is 5.43 Å². The van der Waals surface area contributed by atoms with Crippen LogP contribution in [0.25, 0.3) is 0 Å². The van der Waals surface area contributed by atoms with Crippen LogP contribution < -0.4 is 5.43 Å². The smallest absolute Gasteiger partial charge is 0.423 e. The summed E-state index contributed by atoms with van der Waals surface area (Å²) in [6, 6.07) is 0. The SMILES string of the molecule is O=C(O)NN(F)F. The van der Waals surface area contributed by atoms with Crippen LogP contribution in [-0.2, 0) is 0 Å². The molecular weight excluding hydrogens is 110 g/mol. The van der Waals surface area contributed by atoms with Gasteiger partial charge in [0.2, 0.25) is 0 Å². The highest BCUT2D eigenvalue weighted by Gasteiger charge is 1.99. The number of carbonyl (C=O) groups is 1. The second-order valence-corrected chi connectivity index (χ2v) is 0.650. The molecule has 1 amide bonds. The Labute approximate surface area is 37.2 Å². The minimum atomic E-state index is -1.79. The molecule has 0 aliphatic carbocycles. The number of halogens is 2. The van der Waals surface area contributed by atoms with Crippen molar-refractivity contribution in [2.24, 2.45) is 0 Å². The van der Waals surface area contributed by atoms with Crippen LogP contribution in [0.15, 0.2) is 0 Å². The number of nitrogens with zero attached hydrogens (tertiary/aromatic N) is 1. The Kier molecular flexibility index (Phi) is 2.00. The number of hydrogen-bond donors (Lipinski definition) is 2. The fraction of sp³-hybridized carbons (Fsp3) is 0. The lowest BCUT2D eigenvalue weighted by molar-refractivity contribution is -0.187. The summed E-state index contributed by atoms with van der Waals surface area (Å²) in [5.74, 6) is 0. The zero-order valence-electron chi connectivity index (χ0n) is 3.06. The van der Waals surface area contributed by atoms with Crippen molar-refractivity contribution >= 4 is 6.09 Å². The molecule has 4 nitrogen and oxygen atoms in total. The normalized spacial score (nSPS) is 9.00. The molecule has 0 saturated heterocycles. The summed E-state index contributed by atoms with van der Waals surface area (Å²) in [5.41, 5.74) is -0.928. The predicted octanol–water partition coefficient (Wildman–Crippen LogP) is 0.240. The Balaban J connectivity index is 3.13. The number of amides is 1. The van der Waals surface area contributed by atoms with Crippen molar-refractivity contribution in [3.05, 3.63) is 0 Å². The maximum atomic E-state index is 10.6. The van der Waals surface area contributed by atoms with Gasteiger partial charge in [0.25, 0.3) is 0 Å². The molecular formula is CH2F2N2O2. The van der Waals surface area contributed by atoms with Gasteiger partial charge in [0, 0.05) is 0 Å². The highest BCUT2D eigenvalue weighted by Crippen LogP contribution is 1.78. The largest absolute Gasteiger partial charge is 0.464 e. The third kappa shape index (κ3) is 5.09. The lowest BCUT2D eigenvalue weighted by atomic mass is 11.3. The fourth-order valence-electron chi connectivity index (χ4n) is 0.0723. The second-order valence-electron chi connectivity index (χ2n) is 0.650. The van der Waals surface area contributed by atoms with Gasteiger partial charge in [0.1, 0.15) is 5.45 Å². The summed E-state index contributed by atoms with van der Waals surface area (Å²) in [6.07, 6.45) is -1.79. The lowest BCUT2D eigenvalue weighted by Crippen LogP contribution is -2.28. The molecule has 0 heterocycles. The zero-order valence-corrected chi connectivity index (χ0v) is 3.06. The van der Waals surface area contributed by atoms with Gasteiger partial charge in [-0.1, -0.05) is 8.96 Å². The van der Waals surface area contributed by atoms with E-state index in [0.29, 0.717) is 0 Å². The van der Waals surface area contributed by atoms with E-state index in [1.54, 1.807) is 0 Å². The molecule has 0 aromatic heterocycles. The fourth-order valence-corrected chi connectivity index (χ4v) is 0.0723. The number of hydrogen-bond acceptors (Lipinski definition) is 2. The van der Waals surface area contributed by atoms with Gasteiger partial charge in [-0.25, -0.2) is 4.79 Å². The third-order valence-electron chi connectivity index (χ3n) is 0.180. The number of carboxylic acid groups (broad SMARTS) is 1. The Morgan fingerprint density at radius 3 is 2.14 bits per heavy atom. The van der Waals surface area contributed by atoms with Crippen molar-refractivity contribution in [1.82, 2.24) is 10.9 Å². The van der Waals surface area contributed by atoms with E-state index in [1.165, 1.54) is 0 Å². The summed E-state index contributed by atoms with van der Waals surface area (Å²) >= 11 is 0. The van der Waals surface area contributed by atoms with Crippen LogP contribution in [0.5, 0.6) is 0 Å². The molecule has 6 heteroatoms. The molecule has 0 aliphatic rings. The Morgan fingerprint density at radius 1 is 1.71 bits per heavy atom. The van der Waals surface area contributed by atoms with E-state index in [2.05, 4.69) is 0 Å². The van der Waals surface area contributed by atoms with E-state index >= 15 is 0 Å². The van der Waals surface area contributed by atoms with Crippen LogP contribution in [-0.4, -0.2) is 16.7 Å². The summed E-state index contributed by atoms with van der Waals surface area (Å²) in [5, 5.41) is 7.45. The van der Waals surface area contributed by atoms with Crippen LogP contribution >= 0.6 is 0 Å². The molecule has 0 spiro atoms. The maximum absolute atomic E-state index is 10.6. The van der Waals surface area contributed by atoms with Gasteiger partial charge >= 0.3 is 6.09 Å². The van der Waals surface area contributed by atoms with Gasteiger partial charge in [-0.05, 0) is 0 Å². The van der Waals surface area contributed by atoms with Gasteiger partial charge in [-0.15, -0.1) is 0 Å². The molecule has 0 aromatic carbocycles. The predicted molar refractivity (Wildman–Crippen MR) is 15.2 cm³/mol. The van der Waals surface area contributed by atoms with Gasteiger partial charge in [-0.3, -0.25) is 0 Å². The van der Waals surface area contributed by atoms with Crippen LogP contribution in [0.1, 0.15) is 0 Å². The van der Waals surface area contributed by atoms with E-state index in [0.717, 1.165) is 5.43 Å². The first-order valence-corrected chi connectivity index (χ1v) is 1.24. The molecule has 0 saturated carbocycles. The first-order chi connectivity index (χ1) is 3.13. The van der Waals surface area contributed by atoms with Crippen molar-refractivity contribution in [2.45, 2.75) is 0 Å². The zero-order chi connectivity index (χ0) is 5.86. The third-order valence-corrected chi connectivity index (χ3v) is 0.180. The maximum Gasteiger partial charge on any atom is 0.423 e. The molecule has 0 radical (unpaired) electrons. The van der Waals surface area contributed by atoms with Crippen LogP contribution in [0, 0.1) is 0 Å². The molecule has 0 fully saturated rings. The lowest BCUT2D eigenvalue weighted by Gasteiger charge is -1.93. The standard InChI is InChI=1S/CH2F2N2O2/c2-5(3)4-1(6)7/h4H,(H,6,7). The first-order valence-electron chi connectivity index (χ1n) is 1.24. The summed E-state index contributed by atoms with van der Waals surface area (Å²) in [4.78, 5) is 9.18. The van der Waals surface area contributed by atoms with Crippen molar-refractivity contribution in [1.29, 1.82) is 0 Å². The summed E-state index contributed by atoms with van der Waals surface area (Å²) in [7, 11) is 0. The van der Waals surface area contributed by atoms with Crippen LogP contribution in [0.2, 0.25) is 0 Å². The molecule has 0 aromatic rings. The van der Waals surface area contributed by atoms with Crippen LogP contribution in [0.4, 0.5) is 13.8 Å². The monoisotopic (exact) mass is 112 g/mol. The van der Waals surface area contributed by atoms with E-state index in [9.17, 15) is 13.8 Å². The minimum Gasteiger partial charge on any atom is -0.464 e. The Morgan fingerprint density at radius 2 is 2.14 bits per heavy atom. The number of hydrazine groups is 1. The first kappa shape index (κ1) is 6.09. The minimum absolute atomic E-state index is 0.722. The van der Waals surface area contributed by atoms with E-state index < -0.39 is 11.5 Å². The van der Waals surface area contributed by atoms with Gasteiger partial charge in [0.05, 0.1) is 0 Å². The van der Waals surface area contributed by atoms with E-state index in [4.69, 9.17) is 5.11 Å². The van der Waals surface area contributed by atoms with Crippen molar-refractivity contribution in [3.8, 4) is 0 Å². The second kappa shape index (κ2) is 2.30. The average Bonchev–Trinajstić information content (AvgIpc) is 1.27. The topological polar surface area (TPSA) is 52.6 Å². The molecule has 0 unspecified atom stereocenters. The number of nitrogens with one attached hydrogen (secondary N) is 1. The molecule has 2 N–H and O–H groups in total. The molecule has 7 heavy (non-hydrogen) atoms. The highest BCUT2D eigenvalue weighted by atomic mass is 19.4.